The molecule has 1 aliphatic rings. The van der Waals surface area contributed by atoms with Crippen LogP contribution in [0.15, 0.2) is 24.3 Å². The Balaban J connectivity index is 1.43. The summed E-state index contributed by atoms with van der Waals surface area (Å²) in [5, 5.41) is 5.68. The number of aryl methyl sites for hydroxylation is 2. The number of hydrogen-bond donors (Lipinski definition) is 0. The highest BCUT2D eigenvalue weighted by atomic mass is 16.5. The van der Waals surface area contributed by atoms with Crippen LogP contribution >= 0.6 is 0 Å². The molecule has 2 aromatic heterocycles. The van der Waals surface area contributed by atoms with Crippen LogP contribution in [-0.4, -0.2) is 50.6 Å². The van der Waals surface area contributed by atoms with Crippen LogP contribution < -0.4 is 0 Å². The molecule has 164 valence electrons. The van der Waals surface area contributed by atoms with Crippen LogP contribution in [0.4, 0.5) is 0 Å². The van der Waals surface area contributed by atoms with Gasteiger partial charge in [0.15, 0.2) is 11.8 Å². The normalized spacial score (nSPS) is 15.8. The van der Waals surface area contributed by atoms with Crippen molar-refractivity contribution in [3.63, 3.8) is 0 Å². The topological polar surface area (TPSA) is 76.8 Å². The van der Waals surface area contributed by atoms with Gasteiger partial charge in [-0.2, -0.15) is 5.10 Å². The molecule has 1 fully saturated rings. The highest BCUT2D eigenvalue weighted by Crippen LogP contribution is 2.23. The number of rotatable bonds is 5. The number of fused-ring (bicyclic) bond motifs is 3. The first-order valence-electron chi connectivity index (χ1n) is 11.2. The molecule has 0 aliphatic carbocycles. The Morgan fingerprint density at radius 3 is 2.55 bits per heavy atom. The molecule has 7 heteroatoms. The highest BCUT2D eigenvalue weighted by Gasteiger charge is 2.24. The maximum Gasteiger partial charge on any atom is 0.306 e. The van der Waals surface area contributed by atoms with E-state index in [4.69, 9.17) is 9.72 Å². The summed E-state index contributed by atoms with van der Waals surface area (Å²) in [6.07, 6.45) is 4.30. The SMILES string of the molecule is Cc1nc2c3ccccc3nn2c(C)c1CCC(=O)OC(C)C(=O)N1CCCCCC1. The number of ether oxygens (including phenoxy) is 1. The first kappa shape index (κ1) is 21.3. The highest BCUT2D eigenvalue weighted by molar-refractivity contribution is 5.92. The molecule has 1 unspecified atom stereocenters. The van der Waals surface area contributed by atoms with Crippen LogP contribution in [0.25, 0.3) is 16.6 Å². The van der Waals surface area contributed by atoms with Gasteiger partial charge in [0.1, 0.15) is 0 Å². The lowest BCUT2D eigenvalue weighted by Gasteiger charge is -2.24. The molecule has 1 atom stereocenters. The Bertz CT molecular complexity index is 1110. The smallest absolute Gasteiger partial charge is 0.306 e. The van der Waals surface area contributed by atoms with Crippen molar-refractivity contribution in [3.05, 3.63) is 41.2 Å². The summed E-state index contributed by atoms with van der Waals surface area (Å²) in [6.45, 7) is 7.14. The molecule has 3 heterocycles. The second-order valence-corrected chi connectivity index (χ2v) is 8.39. The number of hydrogen-bond acceptors (Lipinski definition) is 5. The number of esters is 1. The lowest BCUT2D eigenvalue weighted by Crippen LogP contribution is -2.40. The van der Waals surface area contributed by atoms with E-state index in [1.54, 1.807) is 6.92 Å². The van der Waals surface area contributed by atoms with Gasteiger partial charge in [0, 0.05) is 36.3 Å². The molecule has 0 N–H and O–H groups in total. The molecule has 1 amide bonds. The maximum absolute atomic E-state index is 12.6. The quantitative estimate of drug-likeness (QED) is 0.585. The summed E-state index contributed by atoms with van der Waals surface area (Å²) in [6, 6.07) is 7.93. The standard InChI is InChI=1S/C24H30N4O3/c1-16-19(17(2)28-23(25-16)20-10-6-7-11-21(20)26-28)12-13-22(29)31-18(3)24(30)27-14-8-4-5-9-15-27/h6-7,10-11,18H,4-5,8-9,12-15H2,1-3H3. The minimum Gasteiger partial charge on any atom is -0.453 e. The van der Waals surface area contributed by atoms with Gasteiger partial charge in [0.25, 0.3) is 5.91 Å². The number of benzene rings is 1. The molecule has 0 spiro atoms. The zero-order chi connectivity index (χ0) is 22.0. The van der Waals surface area contributed by atoms with Crippen molar-refractivity contribution in [2.24, 2.45) is 0 Å². The van der Waals surface area contributed by atoms with Gasteiger partial charge in [-0.05, 0) is 57.7 Å². The van der Waals surface area contributed by atoms with Gasteiger partial charge < -0.3 is 9.64 Å². The number of carbonyl (C=O) groups is 2. The third-order valence-electron chi connectivity index (χ3n) is 6.17. The predicted molar refractivity (Wildman–Crippen MR) is 119 cm³/mol. The second-order valence-electron chi connectivity index (χ2n) is 8.39. The van der Waals surface area contributed by atoms with Gasteiger partial charge >= 0.3 is 5.97 Å². The fourth-order valence-corrected chi connectivity index (χ4v) is 4.42. The van der Waals surface area contributed by atoms with Crippen LogP contribution in [0.1, 0.15) is 56.0 Å². The monoisotopic (exact) mass is 422 g/mol. The van der Waals surface area contributed by atoms with E-state index in [0.717, 1.165) is 72.3 Å². The van der Waals surface area contributed by atoms with Crippen molar-refractivity contribution >= 4 is 28.4 Å². The van der Waals surface area contributed by atoms with E-state index < -0.39 is 6.10 Å². The zero-order valence-corrected chi connectivity index (χ0v) is 18.6. The minimum atomic E-state index is -0.746. The third kappa shape index (κ3) is 4.40. The van der Waals surface area contributed by atoms with Crippen molar-refractivity contribution < 1.29 is 14.3 Å². The fourth-order valence-electron chi connectivity index (χ4n) is 4.42. The van der Waals surface area contributed by atoms with Crippen LogP contribution in [0.5, 0.6) is 0 Å². The third-order valence-corrected chi connectivity index (χ3v) is 6.17. The Hall–Kier alpha value is -2.96. The molecule has 1 aromatic carbocycles. The predicted octanol–water partition coefficient (Wildman–Crippen LogP) is 3.77. The van der Waals surface area contributed by atoms with Crippen molar-refractivity contribution in [2.75, 3.05) is 13.1 Å². The number of amides is 1. The summed E-state index contributed by atoms with van der Waals surface area (Å²) in [7, 11) is 0. The number of nitrogens with zero attached hydrogens (tertiary/aromatic N) is 4. The Labute approximate surface area is 182 Å². The second kappa shape index (κ2) is 9.04. The molecular weight excluding hydrogens is 392 g/mol. The lowest BCUT2D eigenvalue weighted by molar-refractivity contribution is -0.159. The van der Waals surface area contributed by atoms with Crippen molar-refractivity contribution in [1.82, 2.24) is 19.5 Å². The van der Waals surface area contributed by atoms with Crippen molar-refractivity contribution in [1.29, 1.82) is 0 Å². The number of carbonyl (C=O) groups excluding carboxylic acids is 2. The first-order chi connectivity index (χ1) is 15.0. The van der Waals surface area contributed by atoms with Gasteiger partial charge in [0.2, 0.25) is 0 Å². The van der Waals surface area contributed by atoms with Crippen LogP contribution in [0.2, 0.25) is 0 Å². The van der Waals surface area contributed by atoms with E-state index in [1.807, 2.05) is 47.5 Å². The van der Waals surface area contributed by atoms with Gasteiger partial charge in [-0.15, -0.1) is 0 Å². The summed E-state index contributed by atoms with van der Waals surface area (Å²) >= 11 is 0. The Morgan fingerprint density at radius 1 is 1.10 bits per heavy atom. The molecule has 31 heavy (non-hydrogen) atoms. The summed E-state index contributed by atoms with van der Waals surface area (Å²) in [5.74, 6) is -0.450. The fraction of sp³-hybridized carbons (Fsp3) is 0.500. The Morgan fingerprint density at radius 2 is 1.81 bits per heavy atom. The molecule has 0 bridgehead atoms. The van der Waals surface area contributed by atoms with E-state index in [2.05, 4.69) is 5.10 Å². The molecule has 4 rings (SSSR count). The lowest BCUT2D eigenvalue weighted by atomic mass is 10.1. The van der Waals surface area contributed by atoms with E-state index >= 15 is 0 Å². The number of likely N-dealkylation sites (tertiary alicyclic amines) is 1. The maximum atomic E-state index is 12.6. The molecule has 3 aromatic rings. The molecule has 1 aliphatic heterocycles. The minimum absolute atomic E-state index is 0.0890. The zero-order valence-electron chi connectivity index (χ0n) is 18.6. The summed E-state index contributed by atoms with van der Waals surface area (Å²) in [5.41, 5.74) is 4.57. The van der Waals surface area contributed by atoms with Crippen LogP contribution in [0, 0.1) is 13.8 Å². The number of aromatic nitrogens is 3. The largest absolute Gasteiger partial charge is 0.453 e. The van der Waals surface area contributed by atoms with Gasteiger partial charge in [0.05, 0.1) is 5.52 Å². The molecule has 0 saturated carbocycles. The van der Waals surface area contributed by atoms with Crippen molar-refractivity contribution in [3.8, 4) is 0 Å². The van der Waals surface area contributed by atoms with Gasteiger partial charge in [-0.1, -0.05) is 25.0 Å². The average Bonchev–Trinajstić information content (AvgIpc) is 2.93. The Kier molecular flexibility index (Phi) is 6.20. The average molecular weight is 423 g/mol. The van der Waals surface area contributed by atoms with Gasteiger partial charge in [-0.3, -0.25) is 9.59 Å². The van der Waals surface area contributed by atoms with E-state index in [1.165, 1.54) is 0 Å². The molecule has 1 saturated heterocycles. The van der Waals surface area contributed by atoms with E-state index in [0.29, 0.717) is 6.42 Å². The molecule has 7 nitrogen and oxygen atoms in total. The summed E-state index contributed by atoms with van der Waals surface area (Å²) < 4.78 is 7.32. The van der Waals surface area contributed by atoms with Crippen LogP contribution in [-0.2, 0) is 20.7 Å². The van der Waals surface area contributed by atoms with Crippen molar-refractivity contribution in [2.45, 2.75) is 65.4 Å². The molecule has 0 radical (unpaired) electrons. The van der Waals surface area contributed by atoms with E-state index in [-0.39, 0.29) is 18.3 Å². The van der Waals surface area contributed by atoms with E-state index in [9.17, 15) is 9.59 Å². The van der Waals surface area contributed by atoms with Crippen LogP contribution in [0.3, 0.4) is 0 Å². The summed E-state index contributed by atoms with van der Waals surface area (Å²) in [4.78, 5) is 31.7. The van der Waals surface area contributed by atoms with Gasteiger partial charge in [-0.25, -0.2) is 9.50 Å². The molecular formula is C24H30N4O3. The first-order valence-corrected chi connectivity index (χ1v) is 11.2.